The van der Waals surface area contributed by atoms with Crippen molar-refractivity contribution >= 4 is 5.69 Å². The van der Waals surface area contributed by atoms with Crippen LogP contribution < -0.4 is 16.2 Å². The minimum atomic E-state index is -0.774. The molecule has 0 spiro atoms. The van der Waals surface area contributed by atoms with Crippen LogP contribution in [0.4, 0.5) is 5.69 Å². The molecule has 4 aromatic rings. The molecule has 0 saturated heterocycles. The number of ether oxygens (including phenoxy) is 1. The molecular formula is C23H17N3O4. The van der Waals surface area contributed by atoms with E-state index in [9.17, 15) is 9.59 Å². The molecule has 0 aliphatic rings. The van der Waals surface area contributed by atoms with Gasteiger partial charge in [0.2, 0.25) is 0 Å². The van der Waals surface area contributed by atoms with Crippen molar-refractivity contribution in [2.75, 3.05) is 0 Å². The van der Waals surface area contributed by atoms with Gasteiger partial charge in [-0.25, -0.2) is 19.4 Å². The minimum absolute atomic E-state index is 0.159. The lowest BCUT2D eigenvalue weighted by molar-refractivity contribution is 0.258. The van der Waals surface area contributed by atoms with Crippen LogP contribution >= 0.6 is 0 Å². The summed E-state index contributed by atoms with van der Waals surface area (Å²) in [6.07, 6.45) is 0. The zero-order valence-corrected chi connectivity index (χ0v) is 15.9. The van der Waals surface area contributed by atoms with Gasteiger partial charge in [0, 0.05) is 0 Å². The van der Waals surface area contributed by atoms with Crippen molar-refractivity contribution in [1.29, 1.82) is 0 Å². The number of benzene rings is 3. The van der Waals surface area contributed by atoms with E-state index < -0.39 is 11.4 Å². The first kappa shape index (κ1) is 19.0. The number of nitrogens with one attached hydrogen (secondary N) is 1. The van der Waals surface area contributed by atoms with E-state index in [-0.39, 0.29) is 6.54 Å². The zero-order chi connectivity index (χ0) is 20.9. The van der Waals surface area contributed by atoms with Crippen LogP contribution in [0.1, 0.15) is 11.1 Å². The van der Waals surface area contributed by atoms with Gasteiger partial charge in [-0.2, -0.15) is 0 Å². The van der Waals surface area contributed by atoms with Crippen LogP contribution in [-0.4, -0.2) is 9.72 Å². The summed E-state index contributed by atoms with van der Waals surface area (Å²) >= 11 is 0. The molecule has 0 aliphatic heterocycles. The van der Waals surface area contributed by atoms with Gasteiger partial charge >= 0.3 is 11.4 Å². The Bertz CT molecular complexity index is 1310. The van der Waals surface area contributed by atoms with Crippen LogP contribution in [0.15, 0.2) is 86.9 Å². The van der Waals surface area contributed by atoms with Gasteiger partial charge in [-0.15, -0.1) is 4.74 Å². The van der Waals surface area contributed by atoms with E-state index in [1.54, 1.807) is 24.3 Å². The third-order valence-corrected chi connectivity index (χ3v) is 4.54. The van der Waals surface area contributed by atoms with Crippen LogP contribution in [0.2, 0.25) is 0 Å². The van der Waals surface area contributed by atoms with Crippen LogP contribution in [0.5, 0.6) is 5.75 Å². The van der Waals surface area contributed by atoms with Crippen LogP contribution in [-0.2, 0) is 13.2 Å². The number of rotatable bonds is 6. The third kappa shape index (κ3) is 4.39. The van der Waals surface area contributed by atoms with Crippen molar-refractivity contribution in [3.63, 3.8) is 0 Å². The fourth-order valence-corrected chi connectivity index (χ4v) is 3.01. The fourth-order valence-electron chi connectivity index (χ4n) is 3.01. The van der Waals surface area contributed by atoms with Crippen molar-refractivity contribution in [2.24, 2.45) is 0 Å². The van der Waals surface area contributed by atoms with Gasteiger partial charge in [0.1, 0.15) is 12.4 Å². The van der Waals surface area contributed by atoms with E-state index in [0.717, 1.165) is 27.0 Å². The number of aromatic nitrogens is 2. The monoisotopic (exact) mass is 399 g/mol. The van der Waals surface area contributed by atoms with Crippen molar-refractivity contribution < 1.29 is 9.26 Å². The van der Waals surface area contributed by atoms with E-state index in [4.69, 9.17) is 15.8 Å². The summed E-state index contributed by atoms with van der Waals surface area (Å²) in [5, 5.41) is 0. The Morgan fingerprint density at radius 3 is 2.37 bits per heavy atom. The van der Waals surface area contributed by atoms with Gasteiger partial charge in [0.15, 0.2) is 5.69 Å². The van der Waals surface area contributed by atoms with Gasteiger partial charge in [-0.1, -0.05) is 54.6 Å². The summed E-state index contributed by atoms with van der Waals surface area (Å²) < 4.78 is 11.6. The van der Waals surface area contributed by atoms with E-state index in [0.29, 0.717) is 18.0 Å². The van der Waals surface area contributed by atoms with Gasteiger partial charge in [0.25, 0.3) is 0 Å². The zero-order valence-electron chi connectivity index (χ0n) is 15.9. The van der Waals surface area contributed by atoms with Crippen molar-refractivity contribution in [3.05, 3.63) is 116 Å². The predicted molar refractivity (Wildman–Crippen MR) is 112 cm³/mol. The second kappa shape index (κ2) is 8.37. The molecule has 148 valence electrons. The first-order valence-corrected chi connectivity index (χ1v) is 9.20. The molecule has 0 fully saturated rings. The first-order valence-electron chi connectivity index (χ1n) is 9.20. The van der Waals surface area contributed by atoms with Crippen molar-refractivity contribution in [3.8, 4) is 16.9 Å². The average Bonchev–Trinajstić information content (AvgIpc) is 3.10. The smallest absolute Gasteiger partial charge is 0.440 e. The Hall–Kier alpha value is -4.31. The number of hydrogen-bond acceptors (Lipinski definition) is 4. The maximum atomic E-state index is 11.5. The number of H-pyrrole nitrogens is 1. The van der Waals surface area contributed by atoms with Gasteiger partial charge < -0.3 is 9.26 Å². The summed E-state index contributed by atoms with van der Waals surface area (Å²) in [6, 6.07) is 22.7. The summed E-state index contributed by atoms with van der Waals surface area (Å²) in [4.78, 5) is 28.0. The molecule has 0 bridgehead atoms. The molecule has 0 unspecified atom stereocenters. The average molecular weight is 399 g/mol. The molecule has 4 rings (SSSR count). The first-order chi connectivity index (χ1) is 14.6. The number of aromatic amines is 1. The van der Waals surface area contributed by atoms with Crippen LogP contribution in [0.3, 0.4) is 0 Å². The molecule has 7 heteroatoms. The maximum Gasteiger partial charge on any atom is 0.440 e. The molecule has 3 aromatic carbocycles. The van der Waals surface area contributed by atoms with Gasteiger partial charge in [0.05, 0.1) is 13.1 Å². The molecule has 0 atom stereocenters. The maximum absolute atomic E-state index is 11.5. The molecule has 0 radical (unpaired) electrons. The lowest BCUT2D eigenvalue weighted by Crippen LogP contribution is -2.17. The molecule has 0 amide bonds. The second-order valence-electron chi connectivity index (χ2n) is 6.64. The van der Waals surface area contributed by atoms with E-state index in [1.165, 1.54) is 0 Å². The molecule has 30 heavy (non-hydrogen) atoms. The molecule has 1 N–H and O–H groups in total. The molecule has 0 aliphatic carbocycles. The Kier molecular flexibility index (Phi) is 5.31. The quantitative estimate of drug-likeness (QED) is 0.498. The predicted octanol–water partition coefficient (Wildman–Crippen LogP) is 3.97. The number of nitrogens with zero attached hydrogens (tertiary/aromatic N) is 2. The van der Waals surface area contributed by atoms with Crippen molar-refractivity contribution in [1.82, 2.24) is 9.72 Å². The second-order valence-corrected chi connectivity index (χ2v) is 6.64. The van der Waals surface area contributed by atoms with Crippen molar-refractivity contribution in [2.45, 2.75) is 13.2 Å². The molecule has 0 saturated carbocycles. The molecule has 7 nitrogen and oxygen atoms in total. The Morgan fingerprint density at radius 2 is 1.70 bits per heavy atom. The summed E-state index contributed by atoms with van der Waals surface area (Å²) in [5.74, 6) is -0.0852. The standard InChI is InChI=1S/C23H17N3O4/c1-24-20-9-7-18(8-10-20)19-4-2-3-17(13-19)15-29-21-11-5-16(6-12-21)14-26-22(27)25-23(28)30-26/h2-13H,14-15H2,(H,25,27,28). The highest BCUT2D eigenvalue weighted by molar-refractivity contribution is 5.66. The van der Waals surface area contributed by atoms with E-state index in [2.05, 4.69) is 10.9 Å². The van der Waals surface area contributed by atoms with Crippen LogP contribution in [0, 0.1) is 6.57 Å². The summed E-state index contributed by atoms with van der Waals surface area (Å²) in [5.41, 5.74) is 3.96. The topological polar surface area (TPSA) is 81.6 Å². The number of hydrogen-bond donors (Lipinski definition) is 1. The lowest BCUT2D eigenvalue weighted by Gasteiger charge is -2.09. The van der Waals surface area contributed by atoms with Gasteiger partial charge in [-0.05, 0) is 40.5 Å². The highest BCUT2D eigenvalue weighted by Crippen LogP contribution is 2.24. The third-order valence-electron chi connectivity index (χ3n) is 4.54. The Morgan fingerprint density at radius 1 is 0.933 bits per heavy atom. The highest BCUT2D eigenvalue weighted by atomic mass is 16.5. The summed E-state index contributed by atoms with van der Waals surface area (Å²) in [7, 11) is 0. The normalized spacial score (nSPS) is 10.5. The Labute approximate surface area is 171 Å². The largest absolute Gasteiger partial charge is 0.489 e. The SMILES string of the molecule is [C-]#[N+]c1ccc(-c2cccc(COc3ccc(Cn4oc(=O)[nH]c4=O)cc3)c2)cc1. The van der Waals surface area contributed by atoms with E-state index >= 15 is 0 Å². The van der Waals surface area contributed by atoms with Crippen LogP contribution in [0.25, 0.3) is 16.0 Å². The lowest BCUT2D eigenvalue weighted by atomic mass is 10.0. The highest BCUT2D eigenvalue weighted by Gasteiger charge is 2.05. The Balaban J connectivity index is 1.41. The molecule has 1 aromatic heterocycles. The van der Waals surface area contributed by atoms with Gasteiger partial charge in [-0.3, -0.25) is 0 Å². The molecule has 1 heterocycles. The minimum Gasteiger partial charge on any atom is -0.489 e. The molecular weight excluding hydrogens is 382 g/mol. The summed E-state index contributed by atoms with van der Waals surface area (Å²) in [6.45, 7) is 7.61. The fraction of sp³-hybridized carbons (Fsp3) is 0.0870. The van der Waals surface area contributed by atoms with E-state index in [1.807, 2.05) is 47.4 Å².